The highest BCUT2D eigenvalue weighted by Crippen LogP contribution is 2.37. The summed E-state index contributed by atoms with van der Waals surface area (Å²) in [5, 5.41) is 6.00. The Kier molecular flexibility index (Phi) is 4.11. The number of amides is 3. The third-order valence-electron chi connectivity index (χ3n) is 4.65. The van der Waals surface area contributed by atoms with E-state index in [0.29, 0.717) is 19.5 Å². The number of rotatable bonds is 1. The highest BCUT2D eigenvalue weighted by molar-refractivity contribution is 5.82. The number of allylic oxidation sites excluding steroid dienone is 1. The number of piperidine rings is 1. The zero-order valence-electron chi connectivity index (χ0n) is 13.7. The van der Waals surface area contributed by atoms with Crippen molar-refractivity contribution in [2.75, 3.05) is 13.1 Å². The largest absolute Gasteiger partial charge is 0.346 e. The lowest BCUT2D eigenvalue weighted by atomic mass is 9.76. The van der Waals surface area contributed by atoms with Crippen LogP contribution in [0, 0.1) is 0 Å². The van der Waals surface area contributed by atoms with Gasteiger partial charge in [-0.25, -0.2) is 4.79 Å². The number of hydrogen-bond acceptors (Lipinski definition) is 2. The van der Waals surface area contributed by atoms with Gasteiger partial charge in [-0.05, 0) is 37.8 Å². The van der Waals surface area contributed by atoms with Crippen LogP contribution in [-0.4, -0.2) is 29.9 Å². The van der Waals surface area contributed by atoms with Crippen LogP contribution in [0.5, 0.6) is 0 Å². The number of benzene rings is 1. The first-order valence-electron chi connectivity index (χ1n) is 8.08. The van der Waals surface area contributed by atoms with Gasteiger partial charge in [0, 0.05) is 19.3 Å². The average molecular weight is 313 g/mol. The number of nitrogens with zero attached hydrogens (tertiary/aromatic N) is 1. The minimum absolute atomic E-state index is 0.0727. The molecule has 1 saturated heterocycles. The minimum atomic E-state index is -0.320. The molecule has 3 amide bonds. The SMILES string of the molecule is CC(C)=CNC(=O)N1CCC2(CC1)NC(=O)Cc1ccccc12. The van der Waals surface area contributed by atoms with E-state index in [1.54, 1.807) is 6.20 Å². The van der Waals surface area contributed by atoms with Crippen LogP contribution in [0.2, 0.25) is 0 Å². The highest BCUT2D eigenvalue weighted by atomic mass is 16.2. The maximum Gasteiger partial charge on any atom is 0.321 e. The third-order valence-corrected chi connectivity index (χ3v) is 4.65. The lowest BCUT2D eigenvalue weighted by molar-refractivity contribution is -0.124. The van der Waals surface area contributed by atoms with Gasteiger partial charge in [0.15, 0.2) is 0 Å². The Morgan fingerprint density at radius 3 is 2.65 bits per heavy atom. The van der Waals surface area contributed by atoms with Gasteiger partial charge < -0.3 is 15.5 Å². The zero-order chi connectivity index (χ0) is 16.4. The van der Waals surface area contributed by atoms with E-state index in [0.717, 1.165) is 24.0 Å². The van der Waals surface area contributed by atoms with Crippen LogP contribution in [0.15, 0.2) is 36.0 Å². The standard InChI is InChI=1S/C18H23N3O2/c1-13(2)12-19-17(23)21-9-7-18(8-10-21)15-6-4-3-5-14(15)11-16(22)20-18/h3-6,12H,7-11H2,1-2H3,(H,19,23)(H,20,22). The van der Waals surface area contributed by atoms with Gasteiger partial charge in [-0.15, -0.1) is 0 Å². The van der Waals surface area contributed by atoms with Gasteiger partial charge in [0.2, 0.25) is 5.91 Å². The van der Waals surface area contributed by atoms with Crippen LogP contribution < -0.4 is 10.6 Å². The Labute approximate surface area is 136 Å². The van der Waals surface area contributed by atoms with E-state index in [-0.39, 0.29) is 17.5 Å². The van der Waals surface area contributed by atoms with Gasteiger partial charge in [-0.3, -0.25) is 4.79 Å². The number of hydrogen-bond donors (Lipinski definition) is 2. The van der Waals surface area contributed by atoms with Gasteiger partial charge in [-0.1, -0.05) is 29.8 Å². The van der Waals surface area contributed by atoms with Crippen molar-refractivity contribution < 1.29 is 9.59 Å². The molecule has 5 nitrogen and oxygen atoms in total. The molecule has 3 rings (SSSR count). The van der Waals surface area contributed by atoms with E-state index in [1.165, 1.54) is 5.56 Å². The summed E-state index contributed by atoms with van der Waals surface area (Å²) in [6, 6.07) is 8.06. The molecule has 0 unspecified atom stereocenters. The van der Waals surface area contributed by atoms with Crippen molar-refractivity contribution in [3.8, 4) is 0 Å². The number of carbonyl (C=O) groups is 2. The Morgan fingerprint density at radius 2 is 1.96 bits per heavy atom. The quantitative estimate of drug-likeness (QED) is 0.835. The molecule has 2 aliphatic heterocycles. The molecule has 0 radical (unpaired) electrons. The van der Waals surface area contributed by atoms with Gasteiger partial charge >= 0.3 is 6.03 Å². The van der Waals surface area contributed by atoms with Crippen LogP contribution >= 0.6 is 0 Å². The molecule has 2 N–H and O–H groups in total. The van der Waals surface area contributed by atoms with Crippen LogP contribution in [0.3, 0.4) is 0 Å². The van der Waals surface area contributed by atoms with E-state index in [9.17, 15) is 9.59 Å². The molecule has 122 valence electrons. The summed E-state index contributed by atoms with van der Waals surface area (Å²) in [6.07, 6.45) is 3.67. The molecule has 0 bridgehead atoms. The summed E-state index contributed by atoms with van der Waals surface area (Å²) in [7, 11) is 0. The van der Waals surface area contributed by atoms with Gasteiger partial charge in [0.25, 0.3) is 0 Å². The van der Waals surface area contributed by atoms with Crippen molar-refractivity contribution in [2.24, 2.45) is 0 Å². The van der Waals surface area contributed by atoms with E-state index in [4.69, 9.17) is 0 Å². The summed E-state index contributed by atoms with van der Waals surface area (Å²) < 4.78 is 0. The number of carbonyl (C=O) groups excluding carboxylic acids is 2. The summed E-state index contributed by atoms with van der Waals surface area (Å²) in [5.41, 5.74) is 3.06. The van der Waals surface area contributed by atoms with E-state index in [1.807, 2.05) is 36.9 Å². The molecule has 2 aliphatic rings. The molecule has 1 aromatic rings. The maximum atomic E-state index is 12.2. The van der Waals surface area contributed by atoms with E-state index in [2.05, 4.69) is 16.7 Å². The number of likely N-dealkylation sites (tertiary alicyclic amines) is 1. The second kappa shape index (κ2) is 6.07. The zero-order valence-corrected chi connectivity index (χ0v) is 13.7. The van der Waals surface area contributed by atoms with E-state index < -0.39 is 0 Å². The molecule has 2 heterocycles. The van der Waals surface area contributed by atoms with Gasteiger partial charge in [0.1, 0.15) is 0 Å². The van der Waals surface area contributed by atoms with Gasteiger partial charge in [0.05, 0.1) is 12.0 Å². The smallest absolute Gasteiger partial charge is 0.321 e. The molecule has 0 atom stereocenters. The third kappa shape index (κ3) is 3.09. The molecular weight excluding hydrogens is 290 g/mol. The van der Waals surface area contributed by atoms with Crippen LogP contribution in [0.4, 0.5) is 4.79 Å². The highest BCUT2D eigenvalue weighted by Gasteiger charge is 2.42. The Morgan fingerprint density at radius 1 is 1.26 bits per heavy atom. The maximum absolute atomic E-state index is 12.2. The molecule has 0 aliphatic carbocycles. The minimum Gasteiger partial charge on any atom is -0.346 e. The number of fused-ring (bicyclic) bond motifs is 2. The average Bonchev–Trinajstić information content (AvgIpc) is 2.53. The summed E-state index contributed by atoms with van der Waals surface area (Å²) in [4.78, 5) is 26.1. The van der Waals surface area contributed by atoms with Crippen LogP contribution in [0.1, 0.15) is 37.8 Å². The van der Waals surface area contributed by atoms with Crippen molar-refractivity contribution in [3.05, 3.63) is 47.2 Å². The second-order valence-corrected chi connectivity index (χ2v) is 6.62. The van der Waals surface area contributed by atoms with Crippen molar-refractivity contribution >= 4 is 11.9 Å². The molecule has 23 heavy (non-hydrogen) atoms. The lowest BCUT2D eigenvalue weighted by Crippen LogP contribution is -2.57. The Bertz CT molecular complexity index is 654. The van der Waals surface area contributed by atoms with Crippen molar-refractivity contribution in [1.82, 2.24) is 15.5 Å². The first-order valence-corrected chi connectivity index (χ1v) is 8.08. The Balaban J connectivity index is 1.74. The molecule has 1 spiro atoms. The van der Waals surface area contributed by atoms with Crippen molar-refractivity contribution in [2.45, 2.75) is 38.6 Å². The summed E-state index contributed by atoms with van der Waals surface area (Å²) in [5.74, 6) is 0.0751. The molecular formula is C18H23N3O2. The molecule has 5 heteroatoms. The fourth-order valence-electron chi connectivity index (χ4n) is 3.48. The molecule has 0 saturated carbocycles. The van der Waals surface area contributed by atoms with Crippen molar-refractivity contribution in [3.63, 3.8) is 0 Å². The lowest BCUT2D eigenvalue weighted by Gasteiger charge is -2.45. The summed E-state index contributed by atoms with van der Waals surface area (Å²) in [6.45, 7) is 5.16. The van der Waals surface area contributed by atoms with Crippen molar-refractivity contribution in [1.29, 1.82) is 0 Å². The van der Waals surface area contributed by atoms with Crippen LogP contribution in [0.25, 0.3) is 0 Å². The second-order valence-electron chi connectivity index (χ2n) is 6.62. The fraction of sp³-hybridized carbons (Fsp3) is 0.444. The van der Waals surface area contributed by atoms with E-state index >= 15 is 0 Å². The predicted octanol–water partition coefficient (Wildman–Crippen LogP) is 2.28. The normalized spacial score (nSPS) is 18.9. The number of urea groups is 1. The summed E-state index contributed by atoms with van der Waals surface area (Å²) >= 11 is 0. The Hall–Kier alpha value is -2.30. The predicted molar refractivity (Wildman–Crippen MR) is 88.7 cm³/mol. The number of nitrogens with one attached hydrogen (secondary N) is 2. The first-order chi connectivity index (χ1) is 11.0. The van der Waals surface area contributed by atoms with Gasteiger partial charge in [-0.2, -0.15) is 0 Å². The molecule has 1 fully saturated rings. The fourth-order valence-corrected chi connectivity index (χ4v) is 3.48. The monoisotopic (exact) mass is 313 g/mol. The topological polar surface area (TPSA) is 61.4 Å². The molecule has 1 aromatic carbocycles. The first kappa shape index (κ1) is 15.6. The molecule has 0 aromatic heterocycles. The van der Waals surface area contributed by atoms with Crippen LogP contribution in [-0.2, 0) is 16.8 Å².